The van der Waals surface area contributed by atoms with Gasteiger partial charge in [-0.25, -0.2) is 9.97 Å². The van der Waals surface area contributed by atoms with E-state index in [-0.39, 0.29) is 17.3 Å². The average molecular weight is 372 g/mol. The molecule has 0 saturated carbocycles. The SMILES string of the molecule is Cc1nc(SCC(=O)Nc2ccc(F)c([N+](=O)[O-])c2)c2ccccc2n1. The van der Waals surface area contributed by atoms with Crippen molar-refractivity contribution in [2.24, 2.45) is 0 Å². The van der Waals surface area contributed by atoms with Gasteiger partial charge in [-0.15, -0.1) is 0 Å². The second-order valence-electron chi connectivity index (χ2n) is 5.35. The fraction of sp³-hybridized carbons (Fsp3) is 0.118. The second-order valence-corrected chi connectivity index (χ2v) is 6.32. The van der Waals surface area contributed by atoms with Crippen LogP contribution in [0.1, 0.15) is 5.82 Å². The maximum atomic E-state index is 13.3. The molecule has 0 atom stereocenters. The van der Waals surface area contributed by atoms with E-state index in [2.05, 4.69) is 15.3 Å². The molecule has 132 valence electrons. The van der Waals surface area contributed by atoms with Crippen molar-refractivity contribution >= 4 is 39.9 Å². The first-order valence-electron chi connectivity index (χ1n) is 7.54. The molecule has 3 rings (SSSR count). The number of nitrogens with one attached hydrogen (secondary N) is 1. The number of carbonyl (C=O) groups is 1. The first kappa shape index (κ1) is 17.7. The highest BCUT2D eigenvalue weighted by Crippen LogP contribution is 2.26. The highest BCUT2D eigenvalue weighted by molar-refractivity contribution is 8.00. The molecule has 2 aromatic carbocycles. The normalized spacial score (nSPS) is 10.7. The summed E-state index contributed by atoms with van der Waals surface area (Å²) in [4.78, 5) is 30.8. The lowest BCUT2D eigenvalue weighted by Crippen LogP contribution is -2.14. The Balaban J connectivity index is 1.72. The number of benzene rings is 2. The number of aromatic nitrogens is 2. The van der Waals surface area contributed by atoms with Gasteiger partial charge in [-0.2, -0.15) is 4.39 Å². The van der Waals surface area contributed by atoms with Crippen LogP contribution in [-0.4, -0.2) is 26.6 Å². The van der Waals surface area contributed by atoms with Crippen molar-refractivity contribution in [3.05, 3.63) is 64.2 Å². The van der Waals surface area contributed by atoms with E-state index in [0.717, 1.165) is 23.0 Å². The van der Waals surface area contributed by atoms with Crippen LogP contribution in [0.5, 0.6) is 0 Å². The summed E-state index contributed by atoms with van der Waals surface area (Å²) in [6.45, 7) is 1.77. The Morgan fingerprint density at radius 3 is 2.81 bits per heavy atom. The van der Waals surface area contributed by atoms with Crippen LogP contribution in [0.3, 0.4) is 0 Å². The van der Waals surface area contributed by atoms with E-state index >= 15 is 0 Å². The van der Waals surface area contributed by atoms with E-state index < -0.39 is 16.4 Å². The first-order valence-corrected chi connectivity index (χ1v) is 8.52. The van der Waals surface area contributed by atoms with Crippen LogP contribution in [0.2, 0.25) is 0 Å². The van der Waals surface area contributed by atoms with Gasteiger partial charge in [-0.1, -0.05) is 30.0 Å². The third-order valence-electron chi connectivity index (χ3n) is 3.45. The van der Waals surface area contributed by atoms with Crippen LogP contribution in [0.25, 0.3) is 10.9 Å². The van der Waals surface area contributed by atoms with Crippen molar-refractivity contribution in [3.63, 3.8) is 0 Å². The number of nitro groups is 1. The summed E-state index contributed by atoms with van der Waals surface area (Å²) in [5, 5.41) is 14.8. The third-order valence-corrected chi connectivity index (χ3v) is 4.44. The zero-order valence-corrected chi connectivity index (χ0v) is 14.4. The molecule has 3 aromatic rings. The number of hydrogen-bond acceptors (Lipinski definition) is 6. The van der Waals surface area contributed by atoms with E-state index in [9.17, 15) is 19.3 Å². The molecule has 1 aromatic heterocycles. The summed E-state index contributed by atoms with van der Waals surface area (Å²) in [6.07, 6.45) is 0. The van der Waals surface area contributed by atoms with E-state index in [1.165, 1.54) is 17.8 Å². The predicted molar refractivity (Wildman–Crippen MR) is 96.7 cm³/mol. The lowest BCUT2D eigenvalue weighted by atomic mass is 10.2. The van der Waals surface area contributed by atoms with Crippen LogP contribution in [0, 0.1) is 22.9 Å². The van der Waals surface area contributed by atoms with E-state index in [1.54, 1.807) is 6.92 Å². The van der Waals surface area contributed by atoms with Gasteiger partial charge in [0, 0.05) is 17.1 Å². The number of rotatable bonds is 5. The molecule has 0 aliphatic carbocycles. The molecule has 26 heavy (non-hydrogen) atoms. The maximum absolute atomic E-state index is 13.3. The average Bonchev–Trinajstić information content (AvgIpc) is 2.61. The number of amides is 1. The van der Waals surface area contributed by atoms with Gasteiger partial charge in [0.25, 0.3) is 0 Å². The number of nitro benzene ring substituents is 1. The molecule has 0 saturated heterocycles. The van der Waals surface area contributed by atoms with Gasteiger partial charge >= 0.3 is 5.69 Å². The second kappa shape index (κ2) is 7.44. The first-order chi connectivity index (χ1) is 12.4. The maximum Gasteiger partial charge on any atom is 0.306 e. The standard InChI is InChI=1S/C17H13FN4O3S/c1-10-19-14-5-3-2-4-12(14)17(20-10)26-9-16(23)21-11-6-7-13(18)15(8-11)22(24)25/h2-8H,9H2,1H3,(H,21,23). The number of thioether (sulfide) groups is 1. The number of halogens is 1. The van der Waals surface area contributed by atoms with E-state index in [1.807, 2.05) is 24.3 Å². The number of aryl methyl sites for hydroxylation is 1. The Hall–Kier alpha value is -3.07. The van der Waals surface area contributed by atoms with Crippen molar-refractivity contribution in [1.82, 2.24) is 9.97 Å². The zero-order valence-electron chi connectivity index (χ0n) is 13.6. The molecule has 0 spiro atoms. The lowest BCUT2D eigenvalue weighted by Gasteiger charge is -2.07. The van der Waals surface area contributed by atoms with Gasteiger partial charge < -0.3 is 5.32 Å². The minimum Gasteiger partial charge on any atom is -0.325 e. The monoisotopic (exact) mass is 372 g/mol. The Kier molecular flexibility index (Phi) is 5.08. The molecule has 0 radical (unpaired) electrons. The van der Waals surface area contributed by atoms with Crippen LogP contribution < -0.4 is 5.32 Å². The van der Waals surface area contributed by atoms with Gasteiger partial charge in [0.15, 0.2) is 0 Å². The van der Waals surface area contributed by atoms with Crippen molar-refractivity contribution < 1.29 is 14.1 Å². The summed E-state index contributed by atoms with van der Waals surface area (Å²) in [5.74, 6) is -0.687. The van der Waals surface area contributed by atoms with Crippen LogP contribution in [-0.2, 0) is 4.79 Å². The molecule has 1 heterocycles. The molecule has 1 N–H and O–H groups in total. The molecular formula is C17H13FN4O3S. The minimum absolute atomic E-state index is 0.0472. The Bertz CT molecular complexity index is 1010. The van der Waals surface area contributed by atoms with Crippen LogP contribution in [0.4, 0.5) is 15.8 Å². The van der Waals surface area contributed by atoms with Crippen LogP contribution >= 0.6 is 11.8 Å². The van der Waals surface area contributed by atoms with Gasteiger partial charge in [0.2, 0.25) is 11.7 Å². The minimum atomic E-state index is -0.953. The molecule has 0 aliphatic heterocycles. The molecule has 0 fully saturated rings. The number of nitrogens with zero attached hydrogens (tertiary/aromatic N) is 3. The summed E-state index contributed by atoms with van der Waals surface area (Å²) >= 11 is 1.23. The fourth-order valence-electron chi connectivity index (χ4n) is 2.33. The third kappa shape index (κ3) is 3.94. The summed E-state index contributed by atoms with van der Waals surface area (Å²) in [5.41, 5.74) is 0.261. The highest BCUT2D eigenvalue weighted by atomic mass is 32.2. The van der Waals surface area contributed by atoms with Crippen molar-refractivity contribution in [3.8, 4) is 0 Å². The molecule has 7 nitrogen and oxygen atoms in total. The topological polar surface area (TPSA) is 98.0 Å². The molecule has 1 amide bonds. The lowest BCUT2D eigenvalue weighted by molar-refractivity contribution is -0.387. The van der Waals surface area contributed by atoms with Gasteiger partial charge in [0.05, 0.1) is 16.2 Å². The Morgan fingerprint density at radius 1 is 1.27 bits per heavy atom. The number of carbonyl (C=O) groups excluding carboxylic acids is 1. The van der Waals surface area contributed by atoms with Crippen molar-refractivity contribution in [2.75, 3.05) is 11.1 Å². The fourth-order valence-corrected chi connectivity index (χ4v) is 3.19. The van der Waals surface area contributed by atoms with Gasteiger partial charge in [0.1, 0.15) is 10.9 Å². The quantitative estimate of drug-likeness (QED) is 0.317. The summed E-state index contributed by atoms with van der Waals surface area (Å²) in [7, 11) is 0. The highest BCUT2D eigenvalue weighted by Gasteiger charge is 2.16. The van der Waals surface area contributed by atoms with Crippen LogP contribution in [0.15, 0.2) is 47.5 Å². The van der Waals surface area contributed by atoms with E-state index in [0.29, 0.717) is 10.9 Å². The number of anilines is 1. The van der Waals surface area contributed by atoms with Gasteiger partial charge in [-0.3, -0.25) is 14.9 Å². The zero-order chi connectivity index (χ0) is 18.7. The smallest absolute Gasteiger partial charge is 0.306 e. The molecule has 0 aliphatic rings. The molecular weight excluding hydrogens is 359 g/mol. The summed E-state index contributed by atoms with van der Waals surface area (Å²) < 4.78 is 13.3. The van der Waals surface area contributed by atoms with Crippen molar-refractivity contribution in [1.29, 1.82) is 0 Å². The Morgan fingerprint density at radius 2 is 2.04 bits per heavy atom. The van der Waals surface area contributed by atoms with Gasteiger partial charge in [-0.05, 0) is 25.1 Å². The number of fused-ring (bicyclic) bond motifs is 1. The molecule has 0 bridgehead atoms. The Labute approximate surface area is 151 Å². The summed E-state index contributed by atoms with van der Waals surface area (Å²) in [6, 6.07) is 10.7. The predicted octanol–water partition coefficient (Wildman–Crippen LogP) is 3.72. The largest absolute Gasteiger partial charge is 0.325 e. The van der Waals surface area contributed by atoms with E-state index in [4.69, 9.17) is 0 Å². The molecule has 0 unspecified atom stereocenters. The number of para-hydroxylation sites is 1. The molecule has 9 heteroatoms. The van der Waals surface area contributed by atoms with Crippen molar-refractivity contribution in [2.45, 2.75) is 11.9 Å². The number of hydrogen-bond donors (Lipinski definition) is 1.